The van der Waals surface area contributed by atoms with Crippen molar-refractivity contribution in [1.82, 2.24) is 5.32 Å². The smallest absolute Gasteiger partial charge is 0.299 e. The Bertz CT molecular complexity index is 554. The Morgan fingerprint density at radius 2 is 1.85 bits per heavy atom. The van der Waals surface area contributed by atoms with Gasteiger partial charge in [-0.25, -0.2) is 4.39 Å². The van der Waals surface area contributed by atoms with Gasteiger partial charge >= 0.3 is 11.9 Å². The van der Waals surface area contributed by atoms with Crippen LogP contribution in [0.5, 0.6) is 0 Å². The van der Waals surface area contributed by atoms with Gasteiger partial charge in [0.15, 0.2) is 0 Å². The fourth-order valence-electron chi connectivity index (χ4n) is 1.81. The first kappa shape index (κ1) is 14.6. The van der Waals surface area contributed by atoms with E-state index < -0.39 is 40.5 Å². The van der Waals surface area contributed by atoms with Crippen LogP contribution in [0.2, 0.25) is 0 Å². The second-order valence-corrected chi connectivity index (χ2v) is 4.59. The summed E-state index contributed by atoms with van der Waals surface area (Å²) < 4.78 is 64.4. The van der Waals surface area contributed by atoms with E-state index in [0.717, 1.165) is 0 Å². The predicted molar refractivity (Wildman–Crippen MR) is 57.9 cm³/mol. The van der Waals surface area contributed by atoms with Crippen LogP contribution in [0.3, 0.4) is 0 Å². The molecule has 0 aromatic heterocycles. The van der Waals surface area contributed by atoms with Crippen LogP contribution in [0.4, 0.5) is 27.6 Å². The highest BCUT2D eigenvalue weighted by atomic mass is 19.4. The molecule has 1 aliphatic rings. The zero-order valence-electron chi connectivity index (χ0n) is 9.93. The Balaban J connectivity index is 2.18. The Labute approximate surface area is 109 Å². The van der Waals surface area contributed by atoms with Gasteiger partial charge < -0.3 is 0 Å². The first-order valence-electron chi connectivity index (χ1n) is 5.60. The number of hydrogen-bond donors (Lipinski definition) is 1. The van der Waals surface area contributed by atoms with Crippen LogP contribution in [0, 0.1) is 21.7 Å². The molecule has 0 radical (unpaired) electrons. The molecule has 1 fully saturated rings. The lowest BCUT2D eigenvalue weighted by molar-refractivity contribution is -0.387. The molecule has 1 aromatic rings. The molecule has 2 rings (SSSR count). The number of nitrogens with one attached hydrogen (secondary N) is 1. The van der Waals surface area contributed by atoms with Crippen LogP contribution in [0.1, 0.15) is 18.4 Å². The second kappa shape index (κ2) is 4.65. The van der Waals surface area contributed by atoms with E-state index in [4.69, 9.17) is 0 Å². The maximum absolute atomic E-state index is 13.4. The van der Waals surface area contributed by atoms with Crippen LogP contribution in [0.25, 0.3) is 0 Å². The number of alkyl halides is 3. The predicted octanol–water partition coefficient (Wildman–Crippen LogP) is 3.06. The number of rotatable bonds is 4. The first-order chi connectivity index (χ1) is 9.16. The van der Waals surface area contributed by atoms with Crippen molar-refractivity contribution < 1.29 is 26.9 Å². The maximum atomic E-state index is 13.4. The molecule has 0 heterocycles. The lowest BCUT2D eigenvalue weighted by atomic mass is 10.1. The maximum Gasteiger partial charge on any atom is 0.406 e. The lowest BCUT2D eigenvalue weighted by Gasteiger charge is -2.20. The largest absolute Gasteiger partial charge is 0.406 e. The average Bonchev–Trinajstić information content (AvgIpc) is 3.07. The van der Waals surface area contributed by atoms with Crippen molar-refractivity contribution in [3.8, 4) is 0 Å². The third-order valence-electron chi connectivity index (χ3n) is 3.22. The summed E-state index contributed by atoms with van der Waals surface area (Å²) in [5.41, 5.74) is -3.42. The molecule has 9 heteroatoms. The molecule has 0 amide bonds. The van der Waals surface area contributed by atoms with Gasteiger partial charge in [-0.3, -0.25) is 15.4 Å². The molecule has 1 saturated carbocycles. The van der Waals surface area contributed by atoms with Gasteiger partial charge in [0.2, 0.25) is 5.82 Å². The van der Waals surface area contributed by atoms with Crippen LogP contribution in [0.15, 0.2) is 12.1 Å². The summed E-state index contributed by atoms with van der Waals surface area (Å²) >= 11 is 0. The summed E-state index contributed by atoms with van der Waals surface area (Å²) in [6.45, 7) is -0.563. The summed E-state index contributed by atoms with van der Waals surface area (Å²) in [5.74, 6) is -2.49. The topological polar surface area (TPSA) is 55.2 Å². The van der Waals surface area contributed by atoms with E-state index in [9.17, 15) is 32.1 Å². The van der Waals surface area contributed by atoms with E-state index in [1.165, 1.54) is 0 Å². The Morgan fingerprint density at radius 3 is 2.30 bits per heavy atom. The fraction of sp³-hybridized carbons (Fsp3) is 0.455. The van der Waals surface area contributed by atoms with Gasteiger partial charge in [-0.05, 0) is 12.8 Å². The van der Waals surface area contributed by atoms with Gasteiger partial charge in [0.05, 0.1) is 4.92 Å². The molecule has 1 aromatic carbocycles. The highest BCUT2D eigenvalue weighted by Gasteiger charge is 2.62. The van der Waals surface area contributed by atoms with Crippen LogP contribution in [-0.4, -0.2) is 16.6 Å². The van der Waals surface area contributed by atoms with Gasteiger partial charge in [-0.2, -0.15) is 17.6 Å². The SMILES string of the molecule is O=[N+]([O-])c1cc(CNC2(C(F)(F)F)CC2)c(F)cc1F. The number of hydrogen-bond acceptors (Lipinski definition) is 3. The quantitative estimate of drug-likeness (QED) is 0.528. The highest BCUT2D eigenvalue weighted by Crippen LogP contribution is 2.49. The van der Waals surface area contributed by atoms with Crippen LogP contribution in [-0.2, 0) is 6.54 Å². The van der Waals surface area contributed by atoms with Crippen molar-refractivity contribution in [3.63, 3.8) is 0 Å². The van der Waals surface area contributed by atoms with Crippen LogP contribution >= 0.6 is 0 Å². The van der Waals surface area contributed by atoms with Gasteiger partial charge in [-0.1, -0.05) is 0 Å². The minimum atomic E-state index is -4.48. The van der Waals surface area contributed by atoms with E-state index in [1.807, 2.05) is 0 Å². The van der Waals surface area contributed by atoms with E-state index in [2.05, 4.69) is 5.32 Å². The van der Waals surface area contributed by atoms with E-state index in [0.29, 0.717) is 12.1 Å². The zero-order valence-corrected chi connectivity index (χ0v) is 9.93. The molecule has 20 heavy (non-hydrogen) atoms. The number of nitrogens with zero attached hydrogens (tertiary/aromatic N) is 1. The molecular weight excluding hydrogens is 287 g/mol. The molecule has 0 spiro atoms. The van der Waals surface area contributed by atoms with Crippen molar-refractivity contribution in [2.45, 2.75) is 31.1 Å². The molecule has 0 unspecified atom stereocenters. The minimum absolute atomic E-state index is 0.137. The summed E-state index contributed by atoms with van der Waals surface area (Å²) in [4.78, 5) is 9.44. The van der Waals surface area contributed by atoms with Crippen molar-refractivity contribution in [2.24, 2.45) is 0 Å². The number of nitro groups is 1. The average molecular weight is 296 g/mol. The molecule has 0 atom stereocenters. The Hall–Kier alpha value is -1.77. The van der Waals surface area contributed by atoms with Gasteiger partial charge in [0.25, 0.3) is 0 Å². The van der Waals surface area contributed by atoms with Gasteiger partial charge in [0, 0.05) is 24.2 Å². The number of halogens is 5. The molecule has 0 aliphatic heterocycles. The van der Waals surface area contributed by atoms with E-state index in [-0.39, 0.29) is 18.4 Å². The van der Waals surface area contributed by atoms with Gasteiger partial charge in [-0.15, -0.1) is 0 Å². The van der Waals surface area contributed by atoms with Crippen molar-refractivity contribution in [2.75, 3.05) is 0 Å². The monoisotopic (exact) mass is 296 g/mol. The molecule has 1 N–H and O–H groups in total. The summed E-state index contributed by atoms with van der Waals surface area (Å²) in [5, 5.41) is 12.6. The molecule has 110 valence electrons. The zero-order chi connectivity index (χ0) is 15.1. The molecule has 1 aliphatic carbocycles. The molecule has 4 nitrogen and oxygen atoms in total. The highest BCUT2D eigenvalue weighted by molar-refractivity contribution is 5.37. The Morgan fingerprint density at radius 1 is 1.25 bits per heavy atom. The molecule has 0 saturated heterocycles. The Kier molecular flexibility index (Phi) is 3.41. The van der Waals surface area contributed by atoms with Crippen molar-refractivity contribution in [3.05, 3.63) is 39.4 Å². The third-order valence-corrected chi connectivity index (χ3v) is 3.22. The van der Waals surface area contributed by atoms with Gasteiger partial charge in [0.1, 0.15) is 11.4 Å². The second-order valence-electron chi connectivity index (χ2n) is 4.59. The number of benzene rings is 1. The minimum Gasteiger partial charge on any atom is -0.299 e. The fourth-order valence-corrected chi connectivity index (χ4v) is 1.81. The normalized spacial score (nSPS) is 17.1. The standard InChI is InChI=1S/C11H9F5N2O2/c12-7-4-8(13)9(18(19)20)3-6(7)5-17-10(1-2-10)11(14,15)16/h3-4,17H,1-2,5H2. The van der Waals surface area contributed by atoms with E-state index in [1.54, 1.807) is 0 Å². The van der Waals surface area contributed by atoms with Crippen LogP contribution < -0.4 is 5.32 Å². The van der Waals surface area contributed by atoms with E-state index >= 15 is 0 Å². The van der Waals surface area contributed by atoms with Crippen molar-refractivity contribution >= 4 is 5.69 Å². The first-order valence-corrected chi connectivity index (χ1v) is 5.60. The lowest BCUT2D eigenvalue weighted by Crippen LogP contribution is -2.44. The van der Waals surface area contributed by atoms with Crippen molar-refractivity contribution in [1.29, 1.82) is 0 Å². The molecular formula is C11H9F5N2O2. The summed E-state index contributed by atoms with van der Waals surface area (Å²) in [6, 6.07) is 0.895. The summed E-state index contributed by atoms with van der Waals surface area (Å²) in [7, 11) is 0. The molecule has 0 bridgehead atoms. The summed E-state index contributed by atoms with van der Waals surface area (Å²) in [6.07, 6.45) is -4.75. The number of nitro benzene ring substituents is 1. The third kappa shape index (κ3) is 2.58.